The molecule has 1 aliphatic heterocycles. The zero-order chi connectivity index (χ0) is 21.0. The SMILES string of the molecule is C/C(=N/N=C1/NC(=O)C[C@H](C(=O)Nc2ccc(Cl)c(Cl)c2)S1)c1ccc(F)cc1. The number of nitrogens with zero attached hydrogens (tertiary/aromatic N) is 2. The van der Waals surface area contributed by atoms with E-state index in [4.69, 9.17) is 23.2 Å². The first kappa shape index (κ1) is 21.3. The van der Waals surface area contributed by atoms with Gasteiger partial charge in [0.1, 0.15) is 11.1 Å². The number of benzene rings is 2. The van der Waals surface area contributed by atoms with E-state index in [1.54, 1.807) is 31.2 Å². The van der Waals surface area contributed by atoms with Gasteiger partial charge in [-0.05, 0) is 42.8 Å². The van der Waals surface area contributed by atoms with Crippen molar-refractivity contribution in [2.24, 2.45) is 10.2 Å². The van der Waals surface area contributed by atoms with E-state index in [0.29, 0.717) is 27.0 Å². The Kier molecular flexibility index (Phi) is 6.89. The van der Waals surface area contributed by atoms with Gasteiger partial charge >= 0.3 is 0 Å². The summed E-state index contributed by atoms with van der Waals surface area (Å²) in [6.45, 7) is 1.71. The van der Waals surface area contributed by atoms with Crippen LogP contribution in [0, 0.1) is 5.82 Å². The number of carbonyl (C=O) groups excluding carboxylic acids is 2. The van der Waals surface area contributed by atoms with Crippen LogP contribution in [0.2, 0.25) is 10.0 Å². The van der Waals surface area contributed by atoms with Crippen LogP contribution in [-0.4, -0.2) is 27.9 Å². The fraction of sp³-hybridized carbons (Fsp3) is 0.158. The normalized spacial score (nSPS) is 18.5. The fourth-order valence-electron chi connectivity index (χ4n) is 2.41. The molecule has 1 aliphatic rings. The summed E-state index contributed by atoms with van der Waals surface area (Å²) in [5.74, 6) is -1.06. The highest BCUT2D eigenvalue weighted by Crippen LogP contribution is 2.27. The molecule has 2 N–H and O–H groups in total. The van der Waals surface area contributed by atoms with Crippen LogP contribution in [0.15, 0.2) is 52.7 Å². The molecule has 2 aromatic rings. The lowest BCUT2D eigenvalue weighted by Crippen LogP contribution is -2.41. The molecule has 29 heavy (non-hydrogen) atoms. The average Bonchev–Trinajstić information content (AvgIpc) is 2.69. The molecule has 0 saturated carbocycles. The maximum atomic E-state index is 13.0. The van der Waals surface area contributed by atoms with Crippen molar-refractivity contribution in [3.8, 4) is 0 Å². The maximum Gasteiger partial charge on any atom is 0.238 e. The van der Waals surface area contributed by atoms with Gasteiger partial charge in [0.25, 0.3) is 0 Å². The van der Waals surface area contributed by atoms with E-state index >= 15 is 0 Å². The van der Waals surface area contributed by atoms with Gasteiger partial charge in [-0.15, -0.1) is 5.10 Å². The van der Waals surface area contributed by atoms with Crippen molar-refractivity contribution in [3.05, 3.63) is 63.9 Å². The molecular formula is C19H15Cl2FN4O2S. The average molecular weight is 453 g/mol. The van der Waals surface area contributed by atoms with Crippen molar-refractivity contribution < 1.29 is 14.0 Å². The highest BCUT2D eigenvalue weighted by molar-refractivity contribution is 8.15. The molecule has 0 unspecified atom stereocenters. The summed E-state index contributed by atoms with van der Waals surface area (Å²) in [5.41, 5.74) is 1.70. The molecule has 1 fully saturated rings. The summed E-state index contributed by atoms with van der Waals surface area (Å²) >= 11 is 12.9. The van der Waals surface area contributed by atoms with Crippen LogP contribution in [-0.2, 0) is 9.59 Å². The molecule has 0 aliphatic carbocycles. The van der Waals surface area contributed by atoms with Crippen molar-refractivity contribution in [1.82, 2.24) is 5.32 Å². The number of rotatable bonds is 4. The molecule has 0 aromatic heterocycles. The lowest BCUT2D eigenvalue weighted by molar-refractivity contribution is -0.123. The van der Waals surface area contributed by atoms with Gasteiger partial charge in [0.2, 0.25) is 11.8 Å². The molecule has 2 aromatic carbocycles. The monoisotopic (exact) mass is 452 g/mol. The topological polar surface area (TPSA) is 82.9 Å². The molecule has 1 saturated heterocycles. The van der Waals surface area contributed by atoms with Gasteiger partial charge in [0, 0.05) is 12.1 Å². The van der Waals surface area contributed by atoms with Crippen LogP contribution in [0.3, 0.4) is 0 Å². The minimum absolute atomic E-state index is 0.00248. The number of amidine groups is 1. The third-order valence-electron chi connectivity index (χ3n) is 3.90. The fourth-order valence-corrected chi connectivity index (χ4v) is 3.63. The smallest absolute Gasteiger partial charge is 0.238 e. The Labute approximate surface area is 180 Å². The van der Waals surface area contributed by atoms with Gasteiger partial charge in [0.05, 0.1) is 15.8 Å². The molecule has 1 atom stereocenters. The largest absolute Gasteiger partial charge is 0.325 e. The second-order valence-electron chi connectivity index (χ2n) is 6.07. The summed E-state index contributed by atoms with van der Waals surface area (Å²) in [6, 6.07) is 10.5. The Morgan fingerprint density at radius 3 is 2.62 bits per heavy atom. The summed E-state index contributed by atoms with van der Waals surface area (Å²) in [6.07, 6.45) is -0.00248. The predicted molar refractivity (Wildman–Crippen MR) is 115 cm³/mol. The molecule has 0 bridgehead atoms. The van der Waals surface area contributed by atoms with E-state index in [-0.39, 0.29) is 29.2 Å². The van der Waals surface area contributed by atoms with Crippen LogP contribution in [0.25, 0.3) is 0 Å². The van der Waals surface area contributed by atoms with E-state index in [1.807, 2.05) is 0 Å². The summed E-state index contributed by atoms with van der Waals surface area (Å²) in [5, 5.41) is 13.6. The van der Waals surface area contributed by atoms with Gasteiger partial charge in [0.15, 0.2) is 5.17 Å². The highest BCUT2D eigenvalue weighted by atomic mass is 35.5. The van der Waals surface area contributed by atoms with Crippen molar-refractivity contribution in [1.29, 1.82) is 0 Å². The lowest BCUT2D eigenvalue weighted by Gasteiger charge is -2.21. The van der Waals surface area contributed by atoms with Crippen molar-refractivity contribution in [2.45, 2.75) is 18.6 Å². The Bertz CT molecular complexity index is 1010. The molecule has 150 valence electrons. The van der Waals surface area contributed by atoms with Crippen molar-refractivity contribution in [2.75, 3.05) is 5.32 Å². The second kappa shape index (κ2) is 9.39. The standard InChI is InChI=1S/C19H15Cl2FN4O2S/c1-10(11-2-4-12(22)5-3-11)25-26-19-24-17(27)9-16(29-19)18(28)23-13-6-7-14(20)15(21)8-13/h2-8,16H,9H2,1H3,(H,23,28)(H,24,26,27)/b25-10-/t16-/m1/s1. The van der Waals surface area contributed by atoms with Crippen LogP contribution in [0.5, 0.6) is 0 Å². The van der Waals surface area contributed by atoms with Gasteiger partial charge in [-0.25, -0.2) is 4.39 Å². The number of nitrogens with one attached hydrogen (secondary N) is 2. The second-order valence-corrected chi connectivity index (χ2v) is 8.08. The van der Waals surface area contributed by atoms with Crippen LogP contribution in [0.4, 0.5) is 10.1 Å². The lowest BCUT2D eigenvalue weighted by atomic mass is 10.1. The van der Waals surface area contributed by atoms with E-state index in [0.717, 1.165) is 11.8 Å². The Morgan fingerprint density at radius 1 is 1.21 bits per heavy atom. The molecule has 3 rings (SSSR count). The number of hydrogen-bond acceptors (Lipinski definition) is 5. The van der Waals surface area contributed by atoms with Crippen molar-refractivity contribution in [3.63, 3.8) is 0 Å². The third-order valence-corrected chi connectivity index (χ3v) is 5.71. The summed E-state index contributed by atoms with van der Waals surface area (Å²) in [4.78, 5) is 24.5. The quantitative estimate of drug-likeness (QED) is 0.529. The number of amides is 2. The van der Waals surface area contributed by atoms with Crippen LogP contribution in [0.1, 0.15) is 18.9 Å². The number of hydrogen-bond donors (Lipinski definition) is 2. The van der Waals surface area contributed by atoms with Crippen LogP contribution >= 0.6 is 35.0 Å². The highest BCUT2D eigenvalue weighted by Gasteiger charge is 2.30. The molecule has 1 heterocycles. The predicted octanol–water partition coefficient (Wildman–Crippen LogP) is 4.47. The van der Waals surface area contributed by atoms with E-state index in [1.165, 1.54) is 18.2 Å². The number of halogens is 3. The zero-order valence-electron chi connectivity index (χ0n) is 15.1. The number of anilines is 1. The Hall–Kier alpha value is -2.42. The van der Waals surface area contributed by atoms with E-state index < -0.39 is 5.25 Å². The Balaban J connectivity index is 1.70. The minimum atomic E-state index is -0.682. The maximum absolute atomic E-state index is 13.0. The zero-order valence-corrected chi connectivity index (χ0v) is 17.4. The molecule has 0 spiro atoms. The first-order valence-electron chi connectivity index (χ1n) is 8.42. The first-order valence-corrected chi connectivity index (χ1v) is 10.1. The summed E-state index contributed by atoms with van der Waals surface area (Å²) in [7, 11) is 0. The molecule has 6 nitrogen and oxygen atoms in total. The molecule has 0 radical (unpaired) electrons. The van der Waals surface area contributed by atoms with Gasteiger partial charge in [-0.2, -0.15) is 5.10 Å². The van der Waals surface area contributed by atoms with E-state index in [2.05, 4.69) is 20.8 Å². The van der Waals surface area contributed by atoms with Crippen LogP contribution < -0.4 is 10.6 Å². The molecular weight excluding hydrogens is 438 g/mol. The molecule has 2 amide bonds. The van der Waals surface area contributed by atoms with Gasteiger partial charge in [-0.3, -0.25) is 9.59 Å². The minimum Gasteiger partial charge on any atom is -0.325 e. The Morgan fingerprint density at radius 2 is 1.93 bits per heavy atom. The van der Waals surface area contributed by atoms with Gasteiger partial charge in [-0.1, -0.05) is 47.1 Å². The molecule has 10 heteroatoms. The first-order chi connectivity index (χ1) is 13.8. The van der Waals surface area contributed by atoms with E-state index in [9.17, 15) is 14.0 Å². The van der Waals surface area contributed by atoms with Crippen molar-refractivity contribution >= 4 is 63.3 Å². The summed E-state index contributed by atoms with van der Waals surface area (Å²) < 4.78 is 13.0. The number of carbonyl (C=O) groups is 2. The third kappa shape index (κ3) is 5.79. The number of thioether (sulfide) groups is 1. The van der Waals surface area contributed by atoms with Gasteiger partial charge < -0.3 is 10.6 Å².